The number of fused-ring (bicyclic) bond motifs is 2. The predicted molar refractivity (Wildman–Crippen MR) is 246 cm³/mol. The van der Waals surface area contributed by atoms with Gasteiger partial charge in [0, 0.05) is 73.8 Å². The quantitative estimate of drug-likeness (QED) is 0.0663. The highest BCUT2D eigenvalue weighted by Gasteiger charge is 2.50. The summed E-state index contributed by atoms with van der Waals surface area (Å²) < 4.78 is 41.9. The molecular weight excluding hydrogens is 855 g/mol. The van der Waals surface area contributed by atoms with E-state index >= 15 is 0 Å². The molecule has 1 amide bonds. The number of anilines is 1. The summed E-state index contributed by atoms with van der Waals surface area (Å²) in [5, 5.41) is 37.1. The van der Waals surface area contributed by atoms with Gasteiger partial charge in [-0.1, -0.05) is 45.9 Å². The summed E-state index contributed by atoms with van der Waals surface area (Å²) in [6, 6.07) is 4.90. The molecule has 4 N–H and O–H groups in total. The normalized spacial score (nSPS) is 28.2. The molecule has 9 atom stereocenters. The van der Waals surface area contributed by atoms with E-state index in [0.717, 1.165) is 6.54 Å². The third-order valence-electron chi connectivity index (χ3n) is 12.5. The number of nitrogens with zero attached hydrogens (tertiary/aromatic N) is 2. The summed E-state index contributed by atoms with van der Waals surface area (Å²) >= 11 is 0. The fourth-order valence-electron chi connectivity index (χ4n) is 8.44. The van der Waals surface area contributed by atoms with Crippen LogP contribution in [0.25, 0.3) is 33.3 Å². The Kier molecular flexibility index (Phi) is 15.3. The van der Waals surface area contributed by atoms with Crippen LogP contribution in [0.4, 0.5) is 5.69 Å². The van der Waals surface area contributed by atoms with Gasteiger partial charge in [0.2, 0.25) is 5.43 Å². The summed E-state index contributed by atoms with van der Waals surface area (Å²) in [6.07, 6.45) is 3.55. The Hall–Kier alpha value is -5.85. The Bertz CT molecular complexity index is 2600. The lowest BCUT2D eigenvalue weighted by Crippen LogP contribution is -2.46. The largest absolute Gasteiger partial charge is 0.507 e. The number of likely N-dealkylation sites (N-methyl/N-ethyl adjacent to an activating group) is 1. The Morgan fingerprint density at radius 1 is 0.970 bits per heavy atom. The van der Waals surface area contributed by atoms with E-state index in [4.69, 9.17) is 37.8 Å². The highest BCUT2D eigenvalue weighted by molar-refractivity contribution is 6.22. The lowest BCUT2D eigenvalue weighted by atomic mass is 9.78. The summed E-state index contributed by atoms with van der Waals surface area (Å²) in [4.78, 5) is 62.7. The number of carbonyl (C=O) groups is 3. The van der Waals surface area contributed by atoms with Crippen LogP contribution in [0.1, 0.15) is 64.4 Å². The fourth-order valence-corrected chi connectivity index (χ4v) is 8.44. The van der Waals surface area contributed by atoms with Crippen LogP contribution < -0.4 is 20.2 Å². The van der Waals surface area contributed by atoms with Crippen LogP contribution in [0, 0.1) is 30.6 Å². The van der Waals surface area contributed by atoms with Crippen LogP contribution in [-0.2, 0) is 28.5 Å². The minimum atomic E-state index is -2.05. The number of ketones is 1. The predicted octanol–water partition coefficient (Wildman–Crippen LogP) is 5.91. The van der Waals surface area contributed by atoms with Gasteiger partial charge in [-0.05, 0) is 46.2 Å². The third-order valence-corrected chi connectivity index (χ3v) is 12.5. The molecule has 66 heavy (non-hydrogen) atoms. The fraction of sp³-hybridized carbons (Fsp3) is 0.490. The number of aliphatic hydroxyl groups is 2. The second-order valence-corrected chi connectivity index (χ2v) is 17.6. The zero-order valence-electron chi connectivity index (χ0n) is 39.3. The number of nitrogens with one attached hydrogen (secondary N) is 1. The molecule has 0 fully saturated rings. The second kappa shape index (κ2) is 20.3. The number of rotatable bonds is 9. The van der Waals surface area contributed by atoms with Gasteiger partial charge >= 0.3 is 11.8 Å². The van der Waals surface area contributed by atoms with E-state index in [1.54, 1.807) is 58.0 Å². The van der Waals surface area contributed by atoms with Crippen molar-refractivity contribution in [3.8, 4) is 28.7 Å². The lowest BCUT2D eigenvalue weighted by molar-refractivity contribution is -0.160. The van der Waals surface area contributed by atoms with E-state index in [1.807, 2.05) is 19.0 Å². The Morgan fingerprint density at radius 3 is 2.38 bits per heavy atom. The molecule has 4 aliphatic rings. The molecule has 1 aliphatic carbocycles. The average Bonchev–Trinajstić information content (AvgIpc) is 3.54. The van der Waals surface area contributed by atoms with Crippen molar-refractivity contribution in [2.24, 2.45) is 23.7 Å². The number of methoxy groups -OCH3 is 1. The molecule has 356 valence electrons. The van der Waals surface area contributed by atoms with Crippen molar-refractivity contribution in [1.29, 1.82) is 0 Å². The number of amides is 1. The maximum atomic E-state index is 14.8. The zero-order valence-corrected chi connectivity index (χ0v) is 39.3. The molecule has 2 aromatic carbocycles. The first-order chi connectivity index (χ1) is 31.2. The Labute approximate surface area is 383 Å². The van der Waals surface area contributed by atoms with E-state index in [2.05, 4.69) is 5.32 Å². The van der Waals surface area contributed by atoms with Gasteiger partial charge in [-0.15, -0.1) is 0 Å². The molecule has 0 saturated heterocycles. The molecule has 0 radical (unpaired) electrons. The van der Waals surface area contributed by atoms with Gasteiger partial charge in [0.25, 0.3) is 11.7 Å². The van der Waals surface area contributed by atoms with Crippen molar-refractivity contribution >= 4 is 45.2 Å². The molecule has 0 unspecified atom stereocenters. The molecule has 0 aromatic heterocycles. The van der Waals surface area contributed by atoms with Crippen molar-refractivity contribution in [1.82, 2.24) is 9.88 Å². The third kappa shape index (κ3) is 9.95. The zero-order chi connectivity index (χ0) is 48.4. The molecule has 4 bridgehead atoms. The maximum Gasteiger partial charge on any atom is 0.312 e. The molecule has 2 aromatic rings. The number of ether oxygens (including phenoxy) is 6. The minimum Gasteiger partial charge on any atom is -0.507 e. The molecule has 6 rings (SSSR count). The van der Waals surface area contributed by atoms with Crippen molar-refractivity contribution < 1.29 is 62.5 Å². The van der Waals surface area contributed by atoms with Crippen molar-refractivity contribution in [2.45, 2.75) is 85.6 Å². The first kappa shape index (κ1) is 49.6. The van der Waals surface area contributed by atoms with Crippen LogP contribution in [0.15, 0.2) is 63.6 Å². The van der Waals surface area contributed by atoms with Crippen LogP contribution in [0.5, 0.6) is 17.2 Å². The van der Waals surface area contributed by atoms with Gasteiger partial charge in [0.15, 0.2) is 11.3 Å². The highest BCUT2D eigenvalue weighted by Crippen LogP contribution is 2.50. The number of esters is 1. The van der Waals surface area contributed by atoms with Crippen LogP contribution in [0.2, 0.25) is 0 Å². The first-order valence-electron chi connectivity index (χ1n) is 22.0. The number of hydrogen-bond donors (Lipinski definition) is 4. The average molecular weight is 916 g/mol. The van der Waals surface area contributed by atoms with E-state index in [0.29, 0.717) is 24.5 Å². The SMILES string of the molecule is CO[C@H]1/C=C/O[C@@]2(C)Oc3c(C)c(O)c4c(=O)c(c5oc6cc(OCCOCCN(C)C)ccc6nc-5c4c3C2=O)NC(=O)/C(C)=C\C=C\[C@H](C)[C@H](O)[C@@H](C)[C@@H](O)[C@@H](C)[C@H](OC(C)=O)[C@@H]1C. The minimum absolute atomic E-state index is 0.0346. The summed E-state index contributed by atoms with van der Waals surface area (Å²) in [7, 11) is 5.34. The van der Waals surface area contributed by atoms with Crippen LogP contribution in [0.3, 0.4) is 0 Å². The number of aromatic hydroxyl groups is 1. The highest BCUT2D eigenvalue weighted by atomic mass is 16.7. The van der Waals surface area contributed by atoms with Gasteiger partial charge in [-0.25, -0.2) is 4.98 Å². The van der Waals surface area contributed by atoms with Gasteiger partial charge < -0.3 is 58.4 Å². The molecule has 0 spiro atoms. The number of benzene rings is 3. The van der Waals surface area contributed by atoms with E-state index in [9.17, 15) is 34.5 Å². The number of aromatic nitrogens is 1. The van der Waals surface area contributed by atoms with Crippen molar-refractivity contribution in [3.05, 3.63) is 75.7 Å². The molecule has 17 heteroatoms. The smallest absolute Gasteiger partial charge is 0.312 e. The second-order valence-electron chi connectivity index (χ2n) is 17.6. The van der Waals surface area contributed by atoms with E-state index < -0.39 is 82.7 Å². The Balaban J connectivity index is 1.53. The number of phenols is 1. The first-order valence-corrected chi connectivity index (χ1v) is 22.0. The van der Waals surface area contributed by atoms with Crippen LogP contribution in [-0.4, -0.2) is 121 Å². The standard InChI is InChI=1S/C49H61N3O14/c1-24-13-12-14-25(2)48(59)51-39-43(57)36-35(38-46(39)65-34-23-31(15-16-32(34)50-38)62-22-21-61-20-18-52(9)10)37-45(29(6)42(36)56)66-49(8,47(37)58)63-19-17-33(60-11)26(3)44(64-30(7)53)28(5)41(55)27(4)40(24)54/h12-17,19,23-24,26-28,33,40-41,44,54-56H,18,20-22H2,1-11H3,(H,51,59)/b13-12+,19-17+,25-14-/t24-,26+,27+,28+,33-,40-,41+,44+,49-/m0/s1. The topological polar surface area (TPSA) is 226 Å². The molecule has 3 heterocycles. The van der Waals surface area contributed by atoms with E-state index in [-0.39, 0.29) is 62.6 Å². The number of carbonyl (C=O) groups excluding carboxylic acids is 3. The van der Waals surface area contributed by atoms with Gasteiger partial charge in [-0.3, -0.25) is 19.2 Å². The van der Waals surface area contributed by atoms with Gasteiger partial charge in [0.1, 0.15) is 46.9 Å². The van der Waals surface area contributed by atoms with Crippen molar-refractivity contribution in [2.75, 3.05) is 52.9 Å². The van der Waals surface area contributed by atoms with Crippen LogP contribution >= 0.6 is 0 Å². The maximum absolute atomic E-state index is 14.8. The number of allylic oxidation sites excluding steroid dienone is 2. The molecular formula is C49H61N3O14. The van der Waals surface area contributed by atoms with Crippen molar-refractivity contribution in [3.63, 3.8) is 0 Å². The molecule has 17 nitrogen and oxygen atoms in total. The van der Waals surface area contributed by atoms with E-state index in [1.165, 1.54) is 53.2 Å². The number of Topliss-reactive ketones (excluding diaryl/α,β-unsaturated/α-hetero) is 1. The number of phenolic OH excluding ortho intramolecular Hbond substituents is 1. The summed E-state index contributed by atoms with van der Waals surface area (Å²) in [5.74, 6) is -6.94. The van der Waals surface area contributed by atoms with Gasteiger partial charge in [-0.2, -0.15) is 0 Å². The Morgan fingerprint density at radius 2 is 1.70 bits per heavy atom. The monoisotopic (exact) mass is 915 g/mol. The summed E-state index contributed by atoms with van der Waals surface area (Å²) in [6.45, 7) is 14.4. The summed E-state index contributed by atoms with van der Waals surface area (Å²) in [5.41, 5.74) is -0.671. The van der Waals surface area contributed by atoms with Gasteiger partial charge in [0.05, 0.1) is 48.7 Å². The number of aliphatic hydroxyl groups excluding tert-OH is 2. The molecule has 3 aliphatic heterocycles. The lowest BCUT2D eigenvalue weighted by Gasteiger charge is -2.38. The molecule has 0 saturated carbocycles. The number of hydrogen-bond acceptors (Lipinski definition) is 16.